The van der Waals surface area contributed by atoms with Gasteiger partial charge in [-0.15, -0.1) is 11.3 Å². The summed E-state index contributed by atoms with van der Waals surface area (Å²) in [4.78, 5) is 23.6. The first kappa shape index (κ1) is 16.7. The van der Waals surface area contributed by atoms with Crippen LogP contribution in [0.1, 0.15) is 23.3 Å². The SMILES string of the molecule is O=C(c1csc(N2CCN(c3ccc(Cl)cc3)CC2)n1)N1CCCC1. The second kappa shape index (κ2) is 7.22. The van der Waals surface area contributed by atoms with Crippen LogP contribution in [0, 0.1) is 0 Å². The number of benzene rings is 1. The fourth-order valence-electron chi connectivity index (χ4n) is 3.40. The summed E-state index contributed by atoms with van der Waals surface area (Å²) >= 11 is 7.54. The molecule has 2 aromatic rings. The molecule has 3 heterocycles. The molecule has 1 aromatic carbocycles. The van der Waals surface area contributed by atoms with Crippen molar-refractivity contribution in [1.29, 1.82) is 0 Å². The Morgan fingerprint density at radius 1 is 0.960 bits per heavy atom. The summed E-state index contributed by atoms with van der Waals surface area (Å²) < 4.78 is 0. The number of carbonyl (C=O) groups is 1. The van der Waals surface area contributed by atoms with Gasteiger partial charge in [0.2, 0.25) is 0 Å². The number of amides is 1. The van der Waals surface area contributed by atoms with Crippen LogP contribution in [0.2, 0.25) is 5.02 Å². The molecule has 0 radical (unpaired) electrons. The molecule has 0 spiro atoms. The molecule has 0 aliphatic carbocycles. The largest absolute Gasteiger partial charge is 0.368 e. The highest BCUT2D eigenvalue weighted by Gasteiger charge is 2.24. The molecule has 2 aliphatic rings. The first-order valence-electron chi connectivity index (χ1n) is 8.71. The van der Waals surface area contributed by atoms with E-state index in [-0.39, 0.29) is 5.91 Å². The Bertz CT molecular complexity index is 734. The summed E-state index contributed by atoms with van der Waals surface area (Å²) in [5.41, 5.74) is 1.80. The summed E-state index contributed by atoms with van der Waals surface area (Å²) in [7, 11) is 0. The molecule has 0 bridgehead atoms. The zero-order valence-corrected chi connectivity index (χ0v) is 15.6. The Labute approximate surface area is 156 Å². The van der Waals surface area contributed by atoms with Crippen molar-refractivity contribution in [2.75, 3.05) is 49.1 Å². The normalized spacial score (nSPS) is 18.0. The van der Waals surface area contributed by atoms with E-state index in [1.807, 2.05) is 22.4 Å². The molecular weight excluding hydrogens is 356 g/mol. The van der Waals surface area contributed by atoms with Crippen LogP contribution in [0.25, 0.3) is 0 Å². The van der Waals surface area contributed by atoms with E-state index >= 15 is 0 Å². The van der Waals surface area contributed by atoms with E-state index in [0.29, 0.717) is 5.69 Å². The number of piperazine rings is 1. The second-order valence-corrected chi connectivity index (χ2v) is 7.74. The van der Waals surface area contributed by atoms with Gasteiger partial charge in [0.05, 0.1) is 0 Å². The fraction of sp³-hybridized carbons (Fsp3) is 0.444. The van der Waals surface area contributed by atoms with Crippen molar-refractivity contribution >= 4 is 39.7 Å². The second-order valence-electron chi connectivity index (χ2n) is 6.47. The molecule has 4 rings (SSSR count). The van der Waals surface area contributed by atoms with Crippen molar-refractivity contribution in [1.82, 2.24) is 9.88 Å². The van der Waals surface area contributed by atoms with Crippen LogP contribution in [0.5, 0.6) is 0 Å². The summed E-state index contributed by atoms with van der Waals surface area (Å²) in [6, 6.07) is 7.99. The van der Waals surface area contributed by atoms with Gasteiger partial charge in [0, 0.05) is 55.4 Å². The number of aromatic nitrogens is 1. The number of anilines is 2. The zero-order valence-electron chi connectivity index (χ0n) is 14.0. The molecule has 0 atom stereocenters. The molecule has 7 heteroatoms. The van der Waals surface area contributed by atoms with Crippen molar-refractivity contribution in [2.24, 2.45) is 0 Å². The number of nitrogens with zero attached hydrogens (tertiary/aromatic N) is 4. The average Bonchev–Trinajstić information content (AvgIpc) is 3.34. The Kier molecular flexibility index (Phi) is 4.81. The predicted molar refractivity (Wildman–Crippen MR) is 103 cm³/mol. The average molecular weight is 377 g/mol. The van der Waals surface area contributed by atoms with E-state index in [4.69, 9.17) is 11.6 Å². The van der Waals surface area contributed by atoms with Gasteiger partial charge in [0.25, 0.3) is 5.91 Å². The minimum atomic E-state index is 0.0831. The van der Waals surface area contributed by atoms with E-state index < -0.39 is 0 Å². The lowest BCUT2D eigenvalue weighted by Crippen LogP contribution is -2.46. The number of hydrogen-bond donors (Lipinski definition) is 0. The highest BCUT2D eigenvalue weighted by atomic mass is 35.5. The van der Waals surface area contributed by atoms with Crippen molar-refractivity contribution < 1.29 is 4.79 Å². The van der Waals surface area contributed by atoms with E-state index in [0.717, 1.165) is 62.3 Å². The first-order chi connectivity index (χ1) is 12.2. The number of rotatable bonds is 3. The molecule has 2 fully saturated rings. The summed E-state index contributed by atoms with van der Waals surface area (Å²) in [5, 5.41) is 3.63. The molecule has 0 unspecified atom stereocenters. The Balaban J connectivity index is 1.38. The quantitative estimate of drug-likeness (QED) is 0.823. The standard InChI is InChI=1S/C18H21ClN4OS/c19-14-3-5-15(6-4-14)21-9-11-23(12-10-21)18-20-16(13-25-18)17(24)22-7-1-2-8-22/h3-6,13H,1-2,7-12H2. The van der Waals surface area contributed by atoms with E-state index in [1.165, 1.54) is 5.69 Å². The molecule has 132 valence electrons. The number of hydrogen-bond acceptors (Lipinski definition) is 5. The van der Waals surface area contributed by atoms with Crippen LogP contribution >= 0.6 is 22.9 Å². The topological polar surface area (TPSA) is 39.7 Å². The molecule has 1 amide bonds. The molecule has 2 aliphatic heterocycles. The Hall–Kier alpha value is -1.79. The van der Waals surface area contributed by atoms with Crippen LogP contribution in [0.3, 0.4) is 0 Å². The third-order valence-corrected chi connectivity index (χ3v) is 6.00. The fourth-order valence-corrected chi connectivity index (χ4v) is 4.38. The predicted octanol–water partition coefficient (Wildman–Crippen LogP) is 3.36. The maximum Gasteiger partial charge on any atom is 0.273 e. The van der Waals surface area contributed by atoms with Crippen LogP contribution in [0.4, 0.5) is 10.8 Å². The van der Waals surface area contributed by atoms with Crippen LogP contribution in [-0.4, -0.2) is 55.1 Å². The van der Waals surface area contributed by atoms with E-state index in [2.05, 4.69) is 26.9 Å². The molecule has 0 saturated carbocycles. The summed E-state index contributed by atoms with van der Waals surface area (Å²) in [6.07, 6.45) is 2.21. The maximum absolute atomic E-state index is 12.4. The minimum Gasteiger partial charge on any atom is -0.368 e. The van der Waals surface area contributed by atoms with Crippen molar-refractivity contribution in [2.45, 2.75) is 12.8 Å². The third-order valence-electron chi connectivity index (χ3n) is 4.85. The number of thiazole rings is 1. The van der Waals surface area contributed by atoms with Gasteiger partial charge in [-0.1, -0.05) is 11.6 Å². The van der Waals surface area contributed by atoms with Gasteiger partial charge in [-0.3, -0.25) is 4.79 Å². The molecule has 25 heavy (non-hydrogen) atoms. The lowest BCUT2D eigenvalue weighted by molar-refractivity contribution is 0.0788. The van der Waals surface area contributed by atoms with E-state index in [1.54, 1.807) is 11.3 Å². The van der Waals surface area contributed by atoms with Gasteiger partial charge in [-0.25, -0.2) is 4.98 Å². The number of halogens is 1. The Morgan fingerprint density at radius 3 is 2.28 bits per heavy atom. The maximum atomic E-state index is 12.4. The summed E-state index contributed by atoms with van der Waals surface area (Å²) in [5.74, 6) is 0.0831. The lowest BCUT2D eigenvalue weighted by atomic mass is 10.2. The molecule has 2 saturated heterocycles. The van der Waals surface area contributed by atoms with Gasteiger partial charge in [-0.05, 0) is 37.1 Å². The summed E-state index contributed by atoms with van der Waals surface area (Å²) in [6.45, 7) is 5.44. The van der Waals surface area contributed by atoms with Gasteiger partial charge in [-0.2, -0.15) is 0 Å². The minimum absolute atomic E-state index is 0.0831. The van der Waals surface area contributed by atoms with Crippen molar-refractivity contribution in [3.63, 3.8) is 0 Å². The van der Waals surface area contributed by atoms with Crippen molar-refractivity contribution in [3.8, 4) is 0 Å². The van der Waals surface area contributed by atoms with Gasteiger partial charge in [0.15, 0.2) is 5.13 Å². The highest BCUT2D eigenvalue weighted by molar-refractivity contribution is 7.13. The smallest absolute Gasteiger partial charge is 0.273 e. The molecule has 0 N–H and O–H groups in total. The lowest BCUT2D eigenvalue weighted by Gasteiger charge is -2.36. The van der Waals surface area contributed by atoms with Gasteiger partial charge >= 0.3 is 0 Å². The number of carbonyl (C=O) groups excluding carboxylic acids is 1. The third kappa shape index (κ3) is 3.60. The highest BCUT2D eigenvalue weighted by Crippen LogP contribution is 2.25. The van der Waals surface area contributed by atoms with Gasteiger partial charge < -0.3 is 14.7 Å². The van der Waals surface area contributed by atoms with Gasteiger partial charge in [0.1, 0.15) is 5.69 Å². The van der Waals surface area contributed by atoms with Crippen LogP contribution in [-0.2, 0) is 0 Å². The molecular formula is C18H21ClN4OS. The van der Waals surface area contributed by atoms with Crippen molar-refractivity contribution in [3.05, 3.63) is 40.4 Å². The van der Waals surface area contributed by atoms with Crippen LogP contribution < -0.4 is 9.80 Å². The molecule has 1 aromatic heterocycles. The Morgan fingerprint density at radius 2 is 1.60 bits per heavy atom. The number of likely N-dealkylation sites (tertiary alicyclic amines) is 1. The zero-order chi connectivity index (χ0) is 17.2. The monoisotopic (exact) mass is 376 g/mol. The van der Waals surface area contributed by atoms with Crippen LogP contribution in [0.15, 0.2) is 29.6 Å². The van der Waals surface area contributed by atoms with E-state index in [9.17, 15) is 4.79 Å². The first-order valence-corrected chi connectivity index (χ1v) is 9.97. The molecule has 5 nitrogen and oxygen atoms in total.